The molecular weight excluding hydrogens is 309 g/mol. The number of rotatable bonds is 5. The van der Waals surface area contributed by atoms with Crippen LogP contribution in [0.1, 0.15) is 11.7 Å². The predicted octanol–water partition coefficient (Wildman–Crippen LogP) is 3.93. The Labute approximate surface area is 120 Å². The van der Waals surface area contributed by atoms with E-state index in [0.29, 0.717) is 16.8 Å². The molecule has 0 saturated carbocycles. The molecule has 4 heteroatoms. The molecule has 0 bridgehead atoms. The largest absolute Gasteiger partial charge is 0.484 e. The number of hydrogen-bond donors (Lipinski definition) is 1. The Hall–Kier alpha value is -1.39. The molecule has 0 fully saturated rings. The Bertz CT molecular complexity index is 513. The van der Waals surface area contributed by atoms with Crippen LogP contribution in [0.4, 0.5) is 4.39 Å². The van der Waals surface area contributed by atoms with Crippen molar-refractivity contribution in [2.75, 3.05) is 13.6 Å². The van der Waals surface area contributed by atoms with Crippen LogP contribution in [0.15, 0.2) is 53.0 Å². The second-order valence-corrected chi connectivity index (χ2v) is 5.10. The number of halogens is 2. The van der Waals surface area contributed by atoms with Gasteiger partial charge in [0.1, 0.15) is 17.7 Å². The van der Waals surface area contributed by atoms with Crippen molar-refractivity contribution >= 4 is 15.9 Å². The topological polar surface area (TPSA) is 21.3 Å². The fourth-order valence-corrected chi connectivity index (χ4v) is 2.29. The van der Waals surface area contributed by atoms with Crippen LogP contribution in [-0.2, 0) is 0 Å². The Morgan fingerprint density at radius 1 is 1.21 bits per heavy atom. The van der Waals surface area contributed by atoms with Crippen LogP contribution >= 0.6 is 15.9 Å². The molecule has 0 heterocycles. The molecule has 0 aliphatic heterocycles. The van der Waals surface area contributed by atoms with Crippen molar-refractivity contribution in [2.45, 2.75) is 6.10 Å². The average Bonchev–Trinajstić information content (AvgIpc) is 2.38. The monoisotopic (exact) mass is 323 g/mol. The summed E-state index contributed by atoms with van der Waals surface area (Å²) in [5, 5.41) is 3.09. The first-order valence-corrected chi connectivity index (χ1v) is 6.80. The lowest BCUT2D eigenvalue weighted by atomic mass is 10.1. The normalized spacial score (nSPS) is 12.2. The SMILES string of the molecule is CNCC(Oc1cc(F)cc(Br)c1)c1ccccc1. The molecule has 0 spiro atoms. The summed E-state index contributed by atoms with van der Waals surface area (Å²) >= 11 is 3.26. The van der Waals surface area contributed by atoms with Crippen LogP contribution in [-0.4, -0.2) is 13.6 Å². The van der Waals surface area contributed by atoms with Crippen molar-refractivity contribution in [3.05, 3.63) is 64.4 Å². The van der Waals surface area contributed by atoms with Crippen LogP contribution in [0.25, 0.3) is 0 Å². The second-order valence-electron chi connectivity index (χ2n) is 4.18. The Balaban J connectivity index is 2.21. The summed E-state index contributed by atoms with van der Waals surface area (Å²) in [4.78, 5) is 0. The molecule has 100 valence electrons. The molecule has 0 aromatic heterocycles. The van der Waals surface area contributed by atoms with E-state index < -0.39 is 0 Å². The highest BCUT2D eigenvalue weighted by molar-refractivity contribution is 9.10. The quantitative estimate of drug-likeness (QED) is 0.900. The van der Waals surface area contributed by atoms with Gasteiger partial charge in [-0.05, 0) is 24.7 Å². The van der Waals surface area contributed by atoms with Gasteiger partial charge in [0.05, 0.1) is 0 Å². The number of benzene rings is 2. The van der Waals surface area contributed by atoms with Crippen LogP contribution in [0, 0.1) is 5.82 Å². The third kappa shape index (κ3) is 4.04. The van der Waals surface area contributed by atoms with Gasteiger partial charge in [-0.3, -0.25) is 0 Å². The first-order chi connectivity index (χ1) is 9.19. The zero-order valence-electron chi connectivity index (χ0n) is 10.6. The predicted molar refractivity (Wildman–Crippen MR) is 77.8 cm³/mol. The summed E-state index contributed by atoms with van der Waals surface area (Å²) in [6.45, 7) is 0.651. The maximum absolute atomic E-state index is 13.3. The van der Waals surface area contributed by atoms with E-state index in [1.165, 1.54) is 12.1 Å². The van der Waals surface area contributed by atoms with Crippen LogP contribution in [0.2, 0.25) is 0 Å². The number of nitrogens with one attached hydrogen (secondary N) is 1. The number of ether oxygens (including phenoxy) is 1. The molecular formula is C15H15BrFNO. The van der Waals surface area contributed by atoms with Gasteiger partial charge < -0.3 is 10.1 Å². The van der Waals surface area contributed by atoms with Crippen molar-refractivity contribution in [3.8, 4) is 5.75 Å². The van der Waals surface area contributed by atoms with E-state index in [9.17, 15) is 4.39 Å². The molecule has 2 nitrogen and oxygen atoms in total. The highest BCUT2D eigenvalue weighted by Gasteiger charge is 2.13. The van der Waals surface area contributed by atoms with Gasteiger partial charge in [0, 0.05) is 17.1 Å². The minimum Gasteiger partial charge on any atom is -0.484 e. The summed E-state index contributed by atoms with van der Waals surface area (Å²) in [6.07, 6.45) is -0.153. The van der Waals surface area contributed by atoms with Crippen molar-refractivity contribution in [2.24, 2.45) is 0 Å². The molecule has 2 rings (SSSR count). The van der Waals surface area contributed by atoms with Crippen LogP contribution in [0.5, 0.6) is 5.75 Å². The van der Waals surface area contributed by atoms with Gasteiger partial charge in [0.25, 0.3) is 0 Å². The lowest BCUT2D eigenvalue weighted by Crippen LogP contribution is -2.21. The smallest absolute Gasteiger partial charge is 0.136 e. The summed E-state index contributed by atoms with van der Waals surface area (Å²) < 4.78 is 19.9. The Kier molecular flexibility index (Phi) is 4.93. The molecule has 0 amide bonds. The molecule has 0 radical (unpaired) electrons. The van der Waals surface area contributed by atoms with Crippen molar-refractivity contribution in [1.29, 1.82) is 0 Å². The fraction of sp³-hybridized carbons (Fsp3) is 0.200. The summed E-state index contributed by atoms with van der Waals surface area (Å²) in [5.74, 6) is 0.191. The summed E-state index contributed by atoms with van der Waals surface area (Å²) in [6, 6.07) is 14.4. The van der Waals surface area contributed by atoms with E-state index in [2.05, 4.69) is 21.2 Å². The Morgan fingerprint density at radius 2 is 1.95 bits per heavy atom. The lowest BCUT2D eigenvalue weighted by molar-refractivity contribution is 0.204. The minimum atomic E-state index is -0.319. The van der Waals surface area contributed by atoms with E-state index in [1.54, 1.807) is 6.07 Å². The summed E-state index contributed by atoms with van der Waals surface area (Å²) in [7, 11) is 1.86. The standard InChI is InChI=1S/C15H15BrFNO/c1-18-10-15(11-5-3-2-4-6-11)19-14-8-12(16)7-13(17)9-14/h2-9,15,18H,10H2,1H3. The first kappa shape index (κ1) is 14.0. The van der Waals surface area contributed by atoms with E-state index >= 15 is 0 Å². The van der Waals surface area contributed by atoms with E-state index in [1.807, 2.05) is 37.4 Å². The summed E-state index contributed by atoms with van der Waals surface area (Å²) in [5.41, 5.74) is 1.05. The van der Waals surface area contributed by atoms with E-state index in [0.717, 1.165) is 5.56 Å². The second kappa shape index (κ2) is 6.68. The fourth-order valence-electron chi connectivity index (χ4n) is 1.84. The highest BCUT2D eigenvalue weighted by Crippen LogP contribution is 2.25. The molecule has 1 unspecified atom stereocenters. The molecule has 2 aromatic carbocycles. The van der Waals surface area contributed by atoms with Gasteiger partial charge in [0.15, 0.2) is 0 Å². The van der Waals surface area contributed by atoms with Gasteiger partial charge in [-0.25, -0.2) is 4.39 Å². The third-order valence-corrected chi connectivity index (χ3v) is 3.13. The van der Waals surface area contributed by atoms with Gasteiger partial charge >= 0.3 is 0 Å². The maximum atomic E-state index is 13.3. The highest BCUT2D eigenvalue weighted by atomic mass is 79.9. The maximum Gasteiger partial charge on any atom is 0.136 e. The molecule has 1 atom stereocenters. The molecule has 1 N–H and O–H groups in total. The number of likely N-dealkylation sites (N-methyl/N-ethyl adjacent to an activating group) is 1. The Morgan fingerprint density at radius 3 is 2.58 bits per heavy atom. The van der Waals surface area contributed by atoms with E-state index in [4.69, 9.17) is 4.74 Å². The minimum absolute atomic E-state index is 0.153. The van der Waals surface area contributed by atoms with Crippen molar-refractivity contribution < 1.29 is 9.13 Å². The lowest BCUT2D eigenvalue weighted by Gasteiger charge is -2.19. The van der Waals surface area contributed by atoms with Crippen molar-refractivity contribution in [3.63, 3.8) is 0 Å². The van der Waals surface area contributed by atoms with Crippen LogP contribution < -0.4 is 10.1 Å². The first-order valence-electron chi connectivity index (χ1n) is 6.01. The zero-order valence-corrected chi connectivity index (χ0v) is 12.2. The number of hydrogen-bond acceptors (Lipinski definition) is 2. The van der Waals surface area contributed by atoms with E-state index in [-0.39, 0.29) is 11.9 Å². The third-order valence-electron chi connectivity index (χ3n) is 2.68. The zero-order chi connectivity index (χ0) is 13.7. The molecule has 0 aliphatic carbocycles. The molecule has 0 saturated heterocycles. The van der Waals surface area contributed by atoms with Gasteiger partial charge in [0.2, 0.25) is 0 Å². The molecule has 19 heavy (non-hydrogen) atoms. The van der Waals surface area contributed by atoms with Gasteiger partial charge in [-0.1, -0.05) is 46.3 Å². The van der Waals surface area contributed by atoms with Crippen molar-refractivity contribution in [1.82, 2.24) is 5.32 Å². The molecule has 2 aromatic rings. The molecule has 0 aliphatic rings. The van der Waals surface area contributed by atoms with Gasteiger partial charge in [-0.2, -0.15) is 0 Å². The van der Waals surface area contributed by atoms with Crippen LogP contribution in [0.3, 0.4) is 0 Å². The van der Waals surface area contributed by atoms with Gasteiger partial charge in [-0.15, -0.1) is 0 Å². The average molecular weight is 324 g/mol.